The second-order valence-corrected chi connectivity index (χ2v) is 10.5. The van der Waals surface area contributed by atoms with E-state index in [0.29, 0.717) is 5.56 Å². The van der Waals surface area contributed by atoms with E-state index in [2.05, 4.69) is 0 Å². The maximum atomic E-state index is 12.4. The molecule has 0 heterocycles. The number of carbonyl (C=O) groups is 4. The van der Waals surface area contributed by atoms with E-state index in [-0.39, 0.29) is 42.3 Å². The second-order valence-electron chi connectivity index (χ2n) is 10.5. The summed E-state index contributed by atoms with van der Waals surface area (Å²) in [5, 5.41) is 0. The SMILES string of the molecule is CC(C)C(=O)O[C@@H](C)COC(=O)[C@@H](N)Cc1ccc(OC(=O)OC(C)C(C)C)c(OC(=O)OC(C)C(C)C)c1. The first kappa shape index (κ1) is 33.7. The Morgan fingerprint density at radius 3 is 1.72 bits per heavy atom. The lowest BCUT2D eigenvalue weighted by Crippen LogP contribution is -2.36. The van der Waals surface area contributed by atoms with Gasteiger partial charge in [0, 0.05) is 0 Å². The molecule has 0 spiro atoms. The van der Waals surface area contributed by atoms with Gasteiger partial charge in [0.15, 0.2) is 11.5 Å². The molecule has 0 amide bonds. The molecule has 1 aromatic carbocycles. The van der Waals surface area contributed by atoms with Crippen molar-refractivity contribution in [3.8, 4) is 11.5 Å². The molecule has 0 aliphatic rings. The predicted molar refractivity (Wildman–Crippen MR) is 142 cm³/mol. The summed E-state index contributed by atoms with van der Waals surface area (Å²) >= 11 is 0. The van der Waals surface area contributed by atoms with Crippen molar-refractivity contribution in [3.05, 3.63) is 23.8 Å². The Morgan fingerprint density at radius 1 is 0.718 bits per heavy atom. The van der Waals surface area contributed by atoms with Gasteiger partial charge < -0.3 is 34.2 Å². The van der Waals surface area contributed by atoms with Crippen molar-refractivity contribution in [3.63, 3.8) is 0 Å². The summed E-state index contributed by atoms with van der Waals surface area (Å²) in [6, 6.07) is 3.30. The van der Waals surface area contributed by atoms with Gasteiger partial charge in [0.2, 0.25) is 0 Å². The summed E-state index contributed by atoms with van der Waals surface area (Å²) in [7, 11) is 0. The molecule has 2 unspecified atom stereocenters. The Bertz CT molecular complexity index is 975. The second kappa shape index (κ2) is 15.9. The Kier molecular flexibility index (Phi) is 13.8. The molecule has 0 aliphatic carbocycles. The van der Waals surface area contributed by atoms with Gasteiger partial charge in [0.1, 0.15) is 31.0 Å². The number of ether oxygens (including phenoxy) is 6. The van der Waals surface area contributed by atoms with E-state index < -0.39 is 48.6 Å². The average Bonchev–Trinajstić information content (AvgIpc) is 2.83. The molecule has 11 nitrogen and oxygen atoms in total. The van der Waals surface area contributed by atoms with Crippen molar-refractivity contribution >= 4 is 24.2 Å². The third kappa shape index (κ3) is 12.4. The molecule has 0 aromatic heterocycles. The average molecular weight is 554 g/mol. The topological polar surface area (TPSA) is 150 Å². The van der Waals surface area contributed by atoms with E-state index in [4.69, 9.17) is 34.2 Å². The zero-order valence-electron chi connectivity index (χ0n) is 24.3. The normalized spacial score (nSPS) is 14.3. The largest absolute Gasteiger partial charge is 0.514 e. The standard InChI is InChI=1S/C28H43NO10/c1-15(2)19(8)36-27(32)38-23-11-10-21(13-24(23)39-28(33)37-20(9)16(3)4)12-22(29)26(31)34-14-18(7)35-25(30)17(5)6/h10-11,13,15-20,22H,12,14,29H2,1-9H3/t18-,19?,20?,22-/m0/s1. The van der Waals surface area contributed by atoms with E-state index in [0.717, 1.165) is 0 Å². The lowest BCUT2D eigenvalue weighted by molar-refractivity contribution is -0.161. The fraction of sp³-hybridized carbons (Fsp3) is 0.643. The van der Waals surface area contributed by atoms with Crippen LogP contribution >= 0.6 is 0 Å². The first-order chi connectivity index (χ1) is 18.1. The van der Waals surface area contributed by atoms with Crippen LogP contribution < -0.4 is 15.2 Å². The molecule has 4 atom stereocenters. The number of carbonyl (C=O) groups excluding carboxylic acids is 4. The van der Waals surface area contributed by atoms with Gasteiger partial charge in [0.05, 0.1) is 5.92 Å². The molecule has 1 rings (SSSR count). The van der Waals surface area contributed by atoms with Gasteiger partial charge in [-0.2, -0.15) is 0 Å². The van der Waals surface area contributed by atoms with Crippen molar-refractivity contribution in [1.82, 2.24) is 0 Å². The molecule has 0 aliphatic heterocycles. The lowest BCUT2D eigenvalue weighted by atomic mass is 10.1. The summed E-state index contributed by atoms with van der Waals surface area (Å²) in [6.07, 6.45) is -3.40. The molecule has 11 heteroatoms. The first-order valence-electron chi connectivity index (χ1n) is 13.1. The highest BCUT2D eigenvalue weighted by atomic mass is 16.8. The number of esters is 2. The van der Waals surface area contributed by atoms with E-state index in [1.807, 2.05) is 27.7 Å². The maximum Gasteiger partial charge on any atom is 0.514 e. The molecule has 39 heavy (non-hydrogen) atoms. The molecule has 2 N–H and O–H groups in total. The molecule has 0 saturated heterocycles. The van der Waals surface area contributed by atoms with Crippen molar-refractivity contribution in [2.24, 2.45) is 23.5 Å². The predicted octanol–water partition coefficient (Wildman–Crippen LogP) is 4.81. The molecule has 1 aromatic rings. The smallest absolute Gasteiger partial charge is 0.461 e. The van der Waals surface area contributed by atoms with Crippen molar-refractivity contribution in [2.75, 3.05) is 6.61 Å². The Balaban J connectivity index is 2.97. The fourth-order valence-electron chi connectivity index (χ4n) is 2.66. The van der Waals surface area contributed by atoms with Crippen LogP contribution in [0.5, 0.6) is 11.5 Å². The quantitative estimate of drug-likeness (QED) is 0.204. The van der Waals surface area contributed by atoms with Crippen molar-refractivity contribution in [1.29, 1.82) is 0 Å². The van der Waals surface area contributed by atoms with Gasteiger partial charge in [-0.05, 0) is 56.7 Å². The van der Waals surface area contributed by atoms with Crippen LogP contribution in [0.25, 0.3) is 0 Å². The van der Waals surface area contributed by atoms with Gasteiger partial charge in [-0.3, -0.25) is 9.59 Å². The van der Waals surface area contributed by atoms with E-state index in [1.54, 1.807) is 40.7 Å². The highest BCUT2D eigenvalue weighted by Gasteiger charge is 2.23. The highest BCUT2D eigenvalue weighted by Crippen LogP contribution is 2.30. The number of nitrogens with two attached hydrogens (primary N) is 1. The number of rotatable bonds is 13. The zero-order valence-corrected chi connectivity index (χ0v) is 24.3. The van der Waals surface area contributed by atoms with Crippen molar-refractivity contribution in [2.45, 2.75) is 93.1 Å². The lowest BCUT2D eigenvalue weighted by Gasteiger charge is -2.19. The Morgan fingerprint density at radius 2 is 1.23 bits per heavy atom. The third-order valence-electron chi connectivity index (χ3n) is 5.84. The van der Waals surface area contributed by atoms with Crippen LogP contribution in [-0.2, 0) is 35.0 Å². The summed E-state index contributed by atoms with van der Waals surface area (Å²) in [4.78, 5) is 48.8. The van der Waals surface area contributed by atoms with E-state index in [9.17, 15) is 19.2 Å². The number of hydrogen-bond donors (Lipinski definition) is 1. The third-order valence-corrected chi connectivity index (χ3v) is 5.84. The minimum Gasteiger partial charge on any atom is -0.461 e. The molecule has 0 fully saturated rings. The monoisotopic (exact) mass is 553 g/mol. The minimum absolute atomic E-state index is 0.0158. The van der Waals surface area contributed by atoms with E-state index in [1.165, 1.54) is 12.1 Å². The van der Waals surface area contributed by atoms with Crippen LogP contribution in [0.4, 0.5) is 9.59 Å². The zero-order chi connectivity index (χ0) is 29.9. The van der Waals surface area contributed by atoms with Crippen LogP contribution in [-0.4, -0.2) is 55.2 Å². The van der Waals surface area contributed by atoms with Crippen LogP contribution in [0, 0.1) is 17.8 Å². The molecular formula is C28H43NO10. The minimum atomic E-state index is -1.07. The van der Waals surface area contributed by atoms with Gasteiger partial charge in [-0.15, -0.1) is 0 Å². The van der Waals surface area contributed by atoms with Crippen molar-refractivity contribution < 1.29 is 47.6 Å². The van der Waals surface area contributed by atoms with Gasteiger partial charge in [-0.1, -0.05) is 47.6 Å². The number of hydrogen-bond acceptors (Lipinski definition) is 11. The summed E-state index contributed by atoms with van der Waals surface area (Å²) in [6.45, 7) is 15.8. The Labute approximate surface area is 230 Å². The van der Waals surface area contributed by atoms with Crippen LogP contribution in [0.1, 0.15) is 67.9 Å². The molecule has 0 saturated carbocycles. The first-order valence-corrected chi connectivity index (χ1v) is 13.1. The Hall–Kier alpha value is -3.34. The van der Waals surface area contributed by atoms with Gasteiger partial charge >= 0.3 is 24.2 Å². The molecule has 0 bridgehead atoms. The fourth-order valence-corrected chi connectivity index (χ4v) is 2.66. The van der Waals surface area contributed by atoms with Gasteiger partial charge in [0.25, 0.3) is 0 Å². The summed E-state index contributed by atoms with van der Waals surface area (Å²) in [5.74, 6) is -1.49. The number of benzene rings is 1. The van der Waals surface area contributed by atoms with Crippen LogP contribution in [0.15, 0.2) is 18.2 Å². The summed E-state index contributed by atoms with van der Waals surface area (Å²) < 4.78 is 31.5. The van der Waals surface area contributed by atoms with E-state index >= 15 is 0 Å². The highest BCUT2D eigenvalue weighted by molar-refractivity contribution is 5.76. The maximum absolute atomic E-state index is 12.4. The molecule has 220 valence electrons. The van der Waals surface area contributed by atoms with Crippen LogP contribution in [0.2, 0.25) is 0 Å². The summed E-state index contributed by atoms with van der Waals surface area (Å²) in [5.41, 5.74) is 6.51. The van der Waals surface area contributed by atoms with Gasteiger partial charge in [-0.25, -0.2) is 9.59 Å². The van der Waals surface area contributed by atoms with Crippen LogP contribution in [0.3, 0.4) is 0 Å². The molecule has 0 radical (unpaired) electrons. The molecular weight excluding hydrogens is 510 g/mol.